The van der Waals surface area contributed by atoms with Gasteiger partial charge < -0.3 is 9.52 Å². The summed E-state index contributed by atoms with van der Waals surface area (Å²) >= 11 is 0. The van der Waals surface area contributed by atoms with E-state index in [0.717, 1.165) is 0 Å². The van der Waals surface area contributed by atoms with Crippen LogP contribution in [-0.4, -0.2) is 11.1 Å². The van der Waals surface area contributed by atoms with Crippen molar-refractivity contribution >= 4 is 27.9 Å². The average Bonchev–Trinajstić information content (AvgIpc) is 2.63. The molecule has 4 nitrogen and oxygen atoms in total. The van der Waals surface area contributed by atoms with Gasteiger partial charge in [-0.15, -0.1) is 0 Å². The van der Waals surface area contributed by atoms with Crippen LogP contribution >= 0.6 is 0 Å². The molecular weight excluding hydrogens is 268 g/mol. The maximum Gasteiger partial charge on any atom is 0.307 e. The summed E-state index contributed by atoms with van der Waals surface area (Å²) in [7, 11) is 0. The molecule has 0 fully saturated rings. The Bertz CT molecular complexity index is 1370. The van der Waals surface area contributed by atoms with Crippen molar-refractivity contribution in [2.45, 2.75) is 20.1 Å². The van der Waals surface area contributed by atoms with Crippen molar-refractivity contribution in [3.05, 3.63) is 57.1 Å². The lowest BCUT2D eigenvalue weighted by Crippen LogP contribution is -2.06. The van der Waals surface area contributed by atoms with Crippen LogP contribution in [0.3, 0.4) is 0 Å². The van der Waals surface area contributed by atoms with Gasteiger partial charge in [0.25, 0.3) is 0 Å². The fourth-order valence-corrected chi connectivity index (χ4v) is 1.95. The predicted molar refractivity (Wildman–Crippen MR) is 80.8 cm³/mol. The lowest BCUT2D eigenvalue weighted by atomic mass is 10.0. The van der Waals surface area contributed by atoms with Gasteiger partial charge in [-0.25, -0.2) is 0 Å². The second kappa shape index (κ2) is 4.74. The molecule has 3 aromatic rings. The van der Waals surface area contributed by atoms with Crippen molar-refractivity contribution in [1.29, 1.82) is 0 Å². The smallest absolute Gasteiger partial charge is 0.307 e. The number of carboxylic acid groups (broad SMARTS) is 1. The Morgan fingerprint density at radius 2 is 2.05 bits per heavy atom. The van der Waals surface area contributed by atoms with Crippen LogP contribution in [0.15, 0.2) is 39.4 Å². The first kappa shape index (κ1) is 5.64. The van der Waals surface area contributed by atoms with Crippen LogP contribution in [0, 0.1) is 13.7 Å². The van der Waals surface area contributed by atoms with Crippen LogP contribution in [0.1, 0.15) is 31.8 Å². The first-order chi connectivity index (χ1) is 14.5. The minimum absolute atomic E-state index is 0.485. The van der Waals surface area contributed by atoms with Crippen molar-refractivity contribution in [3.8, 4) is 0 Å². The van der Waals surface area contributed by atoms with E-state index < -0.39 is 100 Å². The third-order valence-corrected chi connectivity index (χ3v) is 2.90. The maximum atomic E-state index is 13.2. The Balaban J connectivity index is 2.79. The van der Waals surface area contributed by atoms with Crippen molar-refractivity contribution in [3.63, 3.8) is 0 Å². The van der Waals surface area contributed by atoms with Gasteiger partial charge in [-0.05, 0) is 36.9 Å². The zero-order valence-electron chi connectivity index (χ0n) is 21.4. The van der Waals surface area contributed by atoms with Gasteiger partial charge in [0.1, 0.15) is 11.2 Å². The second-order valence-electron chi connectivity index (χ2n) is 4.26. The molecule has 0 saturated carbocycles. The summed E-state index contributed by atoms with van der Waals surface area (Å²) in [4.78, 5) is 24.5. The van der Waals surface area contributed by atoms with Crippen LogP contribution in [0.25, 0.3) is 21.9 Å². The first-order valence-electron chi connectivity index (χ1n) is 11.2. The summed E-state index contributed by atoms with van der Waals surface area (Å²) in [6.45, 7) is -6.39. The highest BCUT2D eigenvalue weighted by Gasteiger charge is 2.14. The zero-order chi connectivity index (χ0) is 24.5. The first-order valence-corrected chi connectivity index (χ1v) is 5.75. The maximum absolute atomic E-state index is 13.2. The minimum Gasteiger partial charge on any atom is -0.481 e. The highest BCUT2D eigenvalue weighted by atomic mass is 16.4. The third-order valence-electron chi connectivity index (χ3n) is 2.90. The van der Waals surface area contributed by atoms with E-state index in [4.69, 9.17) is 19.5 Å². The average molecular weight is 293 g/mol. The molecule has 0 atom stereocenters. The zero-order valence-corrected chi connectivity index (χ0v) is 10.4. The van der Waals surface area contributed by atoms with Gasteiger partial charge in [0.15, 0.2) is 0 Å². The molecule has 1 aromatic heterocycles. The molecule has 106 valence electrons. The summed E-state index contributed by atoms with van der Waals surface area (Å²) in [5.41, 5.74) is -5.24. The number of hydrogen-bond acceptors (Lipinski definition) is 3. The van der Waals surface area contributed by atoms with E-state index in [9.17, 15) is 14.7 Å². The largest absolute Gasteiger partial charge is 0.481 e. The monoisotopic (exact) mass is 293 g/mol. The van der Waals surface area contributed by atoms with Crippen molar-refractivity contribution in [2.75, 3.05) is 0 Å². The lowest BCUT2D eigenvalue weighted by Gasteiger charge is -2.08. The van der Waals surface area contributed by atoms with Crippen LogP contribution in [0.2, 0.25) is 0 Å². The van der Waals surface area contributed by atoms with E-state index in [2.05, 4.69) is 0 Å². The van der Waals surface area contributed by atoms with Crippen LogP contribution in [0.4, 0.5) is 0 Å². The van der Waals surface area contributed by atoms with Gasteiger partial charge >= 0.3 is 5.97 Å². The standard InChI is InChI=1S/C17H14O4/c1-9-6-7-13-15(20)12-5-3-4-11(8-14(18)19)17(12)21-16(13)10(9)2/h3-7H,8H2,1-2H3,(H,18,19)/i1D3,2D3,3D,4D,5D,6D,7D. The quantitative estimate of drug-likeness (QED) is 0.737. The molecule has 0 aliphatic rings. The molecule has 0 radical (unpaired) electrons. The number of aryl methyl sites for hydroxylation is 1. The van der Waals surface area contributed by atoms with Gasteiger partial charge in [-0.3, -0.25) is 9.59 Å². The van der Waals surface area contributed by atoms with Crippen LogP contribution < -0.4 is 5.43 Å². The number of fused-ring (bicyclic) bond motifs is 2. The van der Waals surface area contributed by atoms with E-state index in [1.54, 1.807) is 0 Å². The normalized spacial score (nSPS) is 19.9. The fourth-order valence-electron chi connectivity index (χ4n) is 1.95. The van der Waals surface area contributed by atoms with Crippen LogP contribution in [0.5, 0.6) is 0 Å². The number of aliphatic carboxylic acids is 1. The molecule has 0 saturated heterocycles. The molecule has 0 amide bonds. The van der Waals surface area contributed by atoms with E-state index in [-0.39, 0.29) is 0 Å². The number of rotatable bonds is 2. The summed E-state index contributed by atoms with van der Waals surface area (Å²) in [6.07, 6.45) is -0.907. The number of carboxylic acids is 1. The Hall–Kier alpha value is -2.62. The molecule has 1 heterocycles. The summed E-state index contributed by atoms with van der Waals surface area (Å²) < 4.78 is 91.9. The topological polar surface area (TPSA) is 67.5 Å². The van der Waals surface area contributed by atoms with E-state index in [1.165, 1.54) is 0 Å². The highest BCUT2D eigenvalue weighted by Crippen LogP contribution is 2.25. The predicted octanol–water partition coefficient (Wildman–Crippen LogP) is 3.19. The van der Waals surface area contributed by atoms with E-state index >= 15 is 0 Å². The molecule has 0 aliphatic heterocycles. The third kappa shape index (κ3) is 2.09. The Morgan fingerprint density at radius 3 is 2.76 bits per heavy atom. The minimum atomic E-state index is -3.22. The second-order valence-corrected chi connectivity index (χ2v) is 4.26. The number of para-hydroxylation sites is 1. The molecule has 1 N–H and O–H groups in total. The molecular formula is C17H14O4. The molecule has 0 spiro atoms. The van der Waals surface area contributed by atoms with Crippen molar-refractivity contribution in [1.82, 2.24) is 0 Å². The van der Waals surface area contributed by atoms with Crippen LogP contribution in [-0.2, 0) is 11.2 Å². The molecule has 0 bridgehead atoms. The Morgan fingerprint density at radius 1 is 1.24 bits per heavy atom. The van der Waals surface area contributed by atoms with E-state index in [1.807, 2.05) is 0 Å². The van der Waals surface area contributed by atoms with Gasteiger partial charge in [-0.1, -0.05) is 18.1 Å². The molecule has 3 rings (SSSR count). The highest BCUT2D eigenvalue weighted by molar-refractivity contribution is 5.93. The molecule has 0 unspecified atom stereocenters. The lowest BCUT2D eigenvalue weighted by molar-refractivity contribution is -0.136. The molecule has 4 heteroatoms. The molecule has 0 aliphatic carbocycles. The van der Waals surface area contributed by atoms with E-state index in [0.29, 0.717) is 0 Å². The summed E-state index contributed by atoms with van der Waals surface area (Å²) in [6, 6.07) is -4.31. The number of carbonyl (C=O) groups is 1. The van der Waals surface area contributed by atoms with Crippen molar-refractivity contribution in [2.24, 2.45) is 0 Å². The SMILES string of the molecule is [2H]c1c([2H])c([2H])c2c(=O)c3c([2H])c([2H])c(C([2H])([2H])[2H])c(C([2H])([2H])[2H])c3oc2c1CC(=O)O. The Kier molecular flexibility index (Phi) is 1.27. The Labute approximate surface area is 136 Å². The van der Waals surface area contributed by atoms with Gasteiger partial charge in [0.2, 0.25) is 5.43 Å². The van der Waals surface area contributed by atoms with Crippen molar-refractivity contribution < 1.29 is 29.4 Å². The van der Waals surface area contributed by atoms with Gasteiger partial charge in [0.05, 0.1) is 24.0 Å². The van der Waals surface area contributed by atoms with Gasteiger partial charge in [-0.2, -0.15) is 0 Å². The van der Waals surface area contributed by atoms with Gasteiger partial charge in [0, 0.05) is 13.8 Å². The molecule has 21 heavy (non-hydrogen) atoms. The summed E-state index contributed by atoms with van der Waals surface area (Å²) in [5, 5.41) is 7.73. The summed E-state index contributed by atoms with van der Waals surface area (Å²) in [5.74, 6) is -1.47. The number of benzene rings is 2. The molecule has 2 aromatic carbocycles. The number of hydrogen-bond donors (Lipinski definition) is 1. The fraction of sp³-hybridized carbons (Fsp3) is 0.176.